The summed E-state index contributed by atoms with van der Waals surface area (Å²) in [6.07, 6.45) is 24.0. The van der Waals surface area contributed by atoms with Gasteiger partial charge in [-0.15, -0.1) is 0 Å². The van der Waals surface area contributed by atoms with E-state index in [0.717, 1.165) is 132 Å². The third kappa shape index (κ3) is 308. The number of morpholine rings is 1. The van der Waals surface area contributed by atoms with Crippen LogP contribution in [0.2, 0.25) is 0 Å². The molecule has 6 heterocycles. The zero-order valence-corrected chi connectivity index (χ0v) is 71.3. The maximum Gasteiger partial charge on any atom is 0.0591 e. The molecule has 0 aromatic heterocycles. The van der Waals surface area contributed by atoms with Gasteiger partial charge in [0.2, 0.25) is 0 Å². The van der Waals surface area contributed by atoms with Gasteiger partial charge in [-0.05, 0) is 150 Å². The summed E-state index contributed by atoms with van der Waals surface area (Å²) in [5, 5.41) is 16.1. The van der Waals surface area contributed by atoms with E-state index >= 15 is 0 Å². The first-order valence-electron chi connectivity index (χ1n) is 39.7. The van der Waals surface area contributed by atoms with Gasteiger partial charge < -0.3 is 40.8 Å². The van der Waals surface area contributed by atoms with Crippen LogP contribution in [0.5, 0.6) is 0 Å². The second kappa shape index (κ2) is 144. The van der Waals surface area contributed by atoms with Crippen LogP contribution in [0.3, 0.4) is 0 Å². The summed E-state index contributed by atoms with van der Waals surface area (Å²) >= 11 is 0. The summed E-state index contributed by atoms with van der Waals surface area (Å²) in [4.78, 5) is 0. The normalized spacial score (nSPS) is 15.4. The molecule has 5 N–H and O–H groups in total. The van der Waals surface area contributed by atoms with E-state index in [-0.39, 0.29) is 0 Å². The Bertz CT molecular complexity index is 607. The molecule has 0 atom stereocenters. The Labute approximate surface area is 575 Å². The number of piperidine rings is 1. The minimum absolute atomic E-state index is 0.833. The van der Waals surface area contributed by atoms with Crippen LogP contribution in [-0.2, 0) is 14.2 Å². The van der Waals surface area contributed by atoms with Crippen molar-refractivity contribution in [3.8, 4) is 0 Å². The quantitative estimate of drug-likeness (QED) is 0.178. The van der Waals surface area contributed by atoms with Gasteiger partial charge >= 0.3 is 0 Å². The number of nitrogens with one attached hydrogen (secondary N) is 5. The van der Waals surface area contributed by atoms with Crippen LogP contribution < -0.4 is 26.6 Å². The zero-order valence-electron chi connectivity index (χ0n) is 71.3. The van der Waals surface area contributed by atoms with Crippen molar-refractivity contribution in [1.29, 1.82) is 0 Å². The lowest BCUT2D eigenvalue weighted by Gasteiger charge is -2.11. The highest BCUT2D eigenvalue weighted by Gasteiger charge is 2.24. The summed E-state index contributed by atoms with van der Waals surface area (Å²) in [7, 11) is 0. The minimum Gasteiger partial charge on any atom is -0.381 e. The Balaban J connectivity index is -0.0000000500. The molecular weight excluding hydrogens is 1090 g/mol. The van der Waals surface area contributed by atoms with Crippen molar-refractivity contribution < 1.29 is 14.2 Å². The number of piperazine rings is 1. The first-order valence-corrected chi connectivity index (χ1v) is 39.7. The minimum atomic E-state index is 0.833. The van der Waals surface area contributed by atoms with E-state index in [4.69, 9.17) is 14.2 Å². The highest BCUT2D eigenvalue weighted by molar-refractivity contribution is 4.75. The van der Waals surface area contributed by atoms with Crippen molar-refractivity contribution in [3.05, 3.63) is 0 Å². The third-order valence-electron chi connectivity index (χ3n) is 8.69. The van der Waals surface area contributed by atoms with Gasteiger partial charge in [0, 0.05) is 65.7 Å². The second-order valence-corrected chi connectivity index (χ2v) is 25.6. The summed E-state index contributed by atoms with van der Waals surface area (Å²) < 4.78 is 15.0. The molecule has 0 aromatic rings. The fraction of sp³-hybridized carbons (Fsp3) is 1.00. The second-order valence-electron chi connectivity index (χ2n) is 25.6. The molecule has 0 bridgehead atoms. The third-order valence-corrected chi connectivity index (χ3v) is 8.69. The molecule has 8 nitrogen and oxygen atoms in total. The van der Waals surface area contributed by atoms with Crippen LogP contribution in [0, 0.1) is 53.3 Å². The highest BCUT2D eigenvalue weighted by Crippen LogP contribution is 2.35. The largest absolute Gasteiger partial charge is 0.381 e. The lowest BCUT2D eigenvalue weighted by molar-refractivity contribution is 0.0968. The Morgan fingerprint density at radius 1 is 0.191 bits per heavy atom. The van der Waals surface area contributed by atoms with Crippen molar-refractivity contribution in [2.75, 3.05) is 105 Å². The van der Waals surface area contributed by atoms with E-state index in [1.165, 1.54) is 135 Å². The molecule has 89 heavy (non-hydrogen) atoms. The first-order chi connectivity index (χ1) is 42.4. The van der Waals surface area contributed by atoms with Crippen molar-refractivity contribution in [3.63, 3.8) is 0 Å². The van der Waals surface area contributed by atoms with Crippen LogP contribution in [0.1, 0.15) is 379 Å². The summed E-state index contributed by atoms with van der Waals surface area (Å²) in [5.74, 6) is 7.90. The summed E-state index contributed by atoms with van der Waals surface area (Å²) in [6.45, 7) is 99.5. The van der Waals surface area contributed by atoms with E-state index in [1.807, 2.05) is 111 Å². The molecule has 8 aliphatic rings. The standard InChI is InChI=1S/C6H12.C5H11N.C5H10O.C5H10.C4H10N2.C4H9NO.C4H9N.C4H8O.7C4H10.8C2H6/c1-5(2)6-3-4-6;2*1-2-4-6-5-3-1;1-2-4-5-3-1;1-2-6-4-3-5-1;1-3-6-4-2-5-1;2*1-2-4-5-3-1;7*1-4(2)3;8*1-2/h5-6H,3-4H2,1-2H3;6H,1-5H2;1-5H2;1-5H2;5-6H,1-4H2;5H,1-4H2;5H,1-4H2;1-4H2;7*4H,1-3H3;8*1-2H3. The van der Waals surface area contributed by atoms with Gasteiger partial charge in [-0.2, -0.15) is 0 Å². The summed E-state index contributed by atoms with van der Waals surface area (Å²) in [6, 6.07) is 0. The van der Waals surface area contributed by atoms with E-state index < -0.39 is 0 Å². The maximum absolute atomic E-state index is 5.07. The number of hydrogen-bond acceptors (Lipinski definition) is 8. The molecule has 6 saturated heterocycles. The van der Waals surface area contributed by atoms with Crippen LogP contribution in [0.25, 0.3) is 0 Å². The number of hydrogen-bond donors (Lipinski definition) is 5. The van der Waals surface area contributed by atoms with Gasteiger partial charge in [0.15, 0.2) is 0 Å². The lowest BCUT2D eigenvalue weighted by Crippen LogP contribution is -2.39. The monoisotopic (exact) mass is 1290 g/mol. The SMILES string of the molecule is C1CCCC1.C1CCNC1.C1CCNCC1.C1CCOC1.C1CCOCC1.C1CNCCN1.C1COCCN1.CC.CC.CC.CC.CC.CC.CC.CC.CC(C)C.CC(C)C.CC(C)C.CC(C)C.CC(C)C.CC(C)C.CC(C)C.CC(C)C1CC1. The zero-order chi connectivity index (χ0) is 73.2. The molecule has 6 aliphatic heterocycles. The Morgan fingerprint density at radius 2 is 0.337 bits per heavy atom. The van der Waals surface area contributed by atoms with Crippen LogP contribution >= 0.6 is 0 Å². The molecule has 8 fully saturated rings. The van der Waals surface area contributed by atoms with Gasteiger partial charge in [-0.1, -0.05) is 309 Å². The van der Waals surface area contributed by atoms with Crippen LogP contribution in [0.4, 0.5) is 0 Å². The molecule has 0 spiro atoms. The van der Waals surface area contributed by atoms with Gasteiger partial charge in [0.05, 0.1) is 13.2 Å². The van der Waals surface area contributed by atoms with Crippen molar-refractivity contribution in [2.24, 2.45) is 53.3 Å². The Hall–Kier alpha value is -0.320. The molecule has 0 aromatic carbocycles. The van der Waals surface area contributed by atoms with E-state index in [1.54, 1.807) is 0 Å². The molecule has 8 heteroatoms. The van der Waals surface area contributed by atoms with Crippen molar-refractivity contribution in [1.82, 2.24) is 26.6 Å². The number of ether oxygens (including phenoxy) is 3. The average molecular weight is 1290 g/mol. The molecule has 564 valence electrons. The summed E-state index contributed by atoms with van der Waals surface area (Å²) in [5.41, 5.74) is 0. The fourth-order valence-corrected chi connectivity index (χ4v) is 5.39. The van der Waals surface area contributed by atoms with E-state index in [2.05, 4.69) is 186 Å². The smallest absolute Gasteiger partial charge is 0.0591 e. The highest BCUT2D eigenvalue weighted by atomic mass is 16.5. The Morgan fingerprint density at radius 3 is 0.416 bits per heavy atom. The predicted octanol–water partition coefficient (Wildman–Crippen LogP) is 25.7. The molecule has 2 aliphatic carbocycles. The molecule has 8 rings (SSSR count). The van der Waals surface area contributed by atoms with E-state index in [0.29, 0.717) is 0 Å². The maximum atomic E-state index is 5.07. The average Bonchev–Trinajstić information content (AvgIpc) is 4.23. The predicted molar refractivity (Wildman–Crippen MR) is 428 cm³/mol. The molecule has 0 unspecified atom stereocenters. The van der Waals surface area contributed by atoms with Gasteiger partial charge in [0.1, 0.15) is 0 Å². The fourth-order valence-electron chi connectivity index (χ4n) is 5.39. The van der Waals surface area contributed by atoms with Crippen molar-refractivity contribution in [2.45, 2.75) is 379 Å². The molecule has 2 saturated carbocycles. The van der Waals surface area contributed by atoms with Crippen LogP contribution in [0.15, 0.2) is 0 Å². The van der Waals surface area contributed by atoms with Gasteiger partial charge in [-0.3, -0.25) is 0 Å². The lowest BCUT2D eigenvalue weighted by atomic mass is 10.1. The first kappa shape index (κ1) is 126. The number of rotatable bonds is 1. The van der Waals surface area contributed by atoms with Crippen LogP contribution in [-0.4, -0.2) is 105 Å². The van der Waals surface area contributed by atoms with Gasteiger partial charge in [-0.25, -0.2) is 0 Å². The Kier molecular flexibility index (Phi) is 203. The topological polar surface area (TPSA) is 87.8 Å². The van der Waals surface area contributed by atoms with Gasteiger partial charge in [0.25, 0.3) is 0 Å². The van der Waals surface area contributed by atoms with E-state index in [9.17, 15) is 0 Å². The molecular formula is C81H197N5O3. The molecule has 0 radical (unpaired) electrons. The molecule has 0 amide bonds. The van der Waals surface area contributed by atoms with Crippen molar-refractivity contribution >= 4 is 0 Å².